The van der Waals surface area contributed by atoms with Crippen molar-refractivity contribution in [1.82, 2.24) is 9.88 Å². The summed E-state index contributed by atoms with van der Waals surface area (Å²) >= 11 is 0. The first kappa shape index (κ1) is 24.0. The number of carboxylic acids is 1. The molecule has 2 aliphatic heterocycles. The van der Waals surface area contributed by atoms with Crippen molar-refractivity contribution in [3.05, 3.63) is 39.5 Å². The van der Waals surface area contributed by atoms with Crippen LogP contribution in [0.1, 0.15) is 63.4 Å². The van der Waals surface area contributed by atoms with Crippen molar-refractivity contribution in [2.75, 3.05) is 24.6 Å². The van der Waals surface area contributed by atoms with Gasteiger partial charge in [0.05, 0.1) is 23.8 Å². The number of pyridine rings is 1. The van der Waals surface area contributed by atoms with Crippen LogP contribution in [-0.4, -0.2) is 52.6 Å². The van der Waals surface area contributed by atoms with E-state index in [0.717, 1.165) is 19.3 Å². The van der Waals surface area contributed by atoms with Gasteiger partial charge in [-0.2, -0.15) is 0 Å². The molecule has 1 aromatic heterocycles. The summed E-state index contributed by atoms with van der Waals surface area (Å²) in [6.45, 7) is 16.6. The maximum Gasteiger partial charge on any atom is 0.408 e. The molecule has 0 spiro atoms. The molecule has 36 heavy (non-hydrogen) atoms. The van der Waals surface area contributed by atoms with Gasteiger partial charge in [-0.15, -0.1) is 0 Å². The Kier molecular flexibility index (Phi) is 5.43. The average molecular weight is 495 g/mol. The van der Waals surface area contributed by atoms with Gasteiger partial charge in [-0.3, -0.25) is 9.36 Å². The molecule has 10 nitrogen and oxygen atoms in total. The Morgan fingerprint density at radius 1 is 1.31 bits per heavy atom. The lowest BCUT2D eigenvalue weighted by Crippen LogP contribution is -2.45. The Balaban J connectivity index is 1.52. The molecule has 1 saturated carbocycles. The van der Waals surface area contributed by atoms with Crippen molar-refractivity contribution >= 4 is 34.3 Å². The van der Waals surface area contributed by atoms with Gasteiger partial charge in [0.2, 0.25) is 5.69 Å². The third-order valence-electron chi connectivity index (χ3n) is 7.31. The zero-order valence-electron chi connectivity index (χ0n) is 20.9. The molecule has 2 fully saturated rings. The number of ether oxygens (including phenoxy) is 2. The van der Waals surface area contributed by atoms with Crippen LogP contribution in [0.5, 0.6) is 5.75 Å². The van der Waals surface area contributed by atoms with E-state index in [1.54, 1.807) is 6.07 Å². The molecule has 10 heteroatoms. The number of amides is 1. The largest absolute Gasteiger partial charge is 0.488 e. The number of nitrogens with one attached hydrogen (secondary N) is 1. The molecular weight excluding hydrogens is 464 g/mol. The first-order chi connectivity index (χ1) is 16.9. The summed E-state index contributed by atoms with van der Waals surface area (Å²) in [4.78, 5) is 43.1. The molecule has 2 atom stereocenters. The van der Waals surface area contributed by atoms with Crippen molar-refractivity contribution in [1.29, 1.82) is 0 Å². The number of anilines is 1. The number of hydrogen-bond donors (Lipinski definition) is 2. The third-order valence-corrected chi connectivity index (χ3v) is 7.31. The Bertz CT molecular complexity index is 1380. The molecule has 0 radical (unpaired) electrons. The van der Waals surface area contributed by atoms with Crippen molar-refractivity contribution in [3.8, 4) is 5.75 Å². The highest BCUT2D eigenvalue weighted by Gasteiger charge is 2.53. The molecule has 0 bridgehead atoms. The Morgan fingerprint density at radius 2 is 2.03 bits per heavy atom. The van der Waals surface area contributed by atoms with Crippen molar-refractivity contribution in [2.45, 2.75) is 64.1 Å². The maximum atomic E-state index is 13.0. The number of carbonyl (C=O) groups excluding carboxylic acids is 1. The van der Waals surface area contributed by atoms with E-state index >= 15 is 0 Å². The predicted octanol–water partition coefficient (Wildman–Crippen LogP) is 4.09. The molecule has 190 valence electrons. The second kappa shape index (κ2) is 8.15. The number of aromatic carboxylic acids is 1. The van der Waals surface area contributed by atoms with Crippen LogP contribution < -0.4 is 20.5 Å². The highest BCUT2D eigenvalue weighted by Crippen LogP contribution is 2.51. The minimum Gasteiger partial charge on any atom is -0.488 e. The van der Waals surface area contributed by atoms with E-state index in [1.165, 1.54) is 10.6 Å². The topological polar surface area (TPSA) is 114 Å². The molecule has 1 amide bonds. The number of alkyl carbamates (subject to hydrolysis) is 1. The lowest BCUT2D eigenvalue weighted by atomic mass is 9.96. The second-order valence-electron chi connectivity index (χ2n) is 11.0. The highest BCUT2D eigenvalue weighted by atomic mass is 16.6. The molecule has 1 aliphatic carbocycles. The monoisotopic (exact) mass is 494 g/mol. The van der Waals surface area contributed by atoms with Crippen molar-refractivity contribution in [2.24, 2.45) is 5.92 Å². The molecule has 3 aliphatic rings. The zero-order chi connectivity index (χ0) is 26.0. The minimum absolute atomic E-state index is 0.172. The summed E-state index contributed by atoms with van der Waals surface area (Å²) in [5.74, 6) is -0.684. The van der Waals surface area contributed by atoms with Crippen LogP contribution in [0.25, 0.3) is 15.7 Å². The minimum atomic E-state index is -1.30. The van der Waals surface area contributed by atoms with Gasteiger partial charge in [-0.05, 0) is 64.5 Å². The Hall–Kier alpha value is -3.74. The number of rotatable bonds is 4. The van der Waals surface area contributed by atoms with Gasteiger partial charge in [0, 0.05) is 24.5 Å². The van der Waals surface area contributed by atoms with Crippen LogP contribution in [0.2, 0.25) is 0 Å². The van der Waals surface area contributed by atoms with E-state index in [1.807, 2.05) is 27.7 Å². The zero-order valence-corrected chi connectivity index (χ0v) is 20.9. The lowest BCUT2D eigenvalue weighted by molar-refractivity contribution is 0.0477. The number of hydrogen-bond acceptors (Lipinski definition) is 6. The molecule has 3 heterocycles. The van der Waals surface area contributed by atoms with Gasteiger partial charge in [-0.25, -0.2) is 14.4 Å². The van der Waals surface area contributed by atoms with Crippen LogP contribution in [0.3, 0.4) is 0 Å². The standard InChI is InChI=1S/C26H30N4O6/c1-14-13-35-21-19-15(10-17(23(32)33)22(31)30(14)19)11-18(27-5)20(21)29-9-6-16(12-29)26(7-8-26)28-24(34)36-25(2,3)4/h10-11,14,16H,6-9,12-13H2,1-4H3,(H,28,34)(H,32,33)/t14-,16+/m0/s1. The van der Waals surface area contributed by atoms with E-state index < -0.39 is 23.2 Å². The van der Waals surface area contributed by atoms with E-state index in [4.69, 9.17) is 16.0 Å². The van der Waals surface area contributed by atoms with E-state index in [2.05, 4.69) is 15.1 Å². The van der Waals surface area contributed by atoms with E-state index in [-0.39, 0.29) is 29.7 Å². The second-order valence-corrected chi connectivity index (χ2v) is 11.0. The Labute approximate surface area is 208 Å². The van der Waals surface area contributed by atoms with Crippen LogP contribution in [0.15, 0.2) is 16.9 Å². The van der Waals surface area contributed by atoms with Crippen LogP contribution in [-0.2, 0) is 4.74 Å². The molecule has 1 aromatic carbocycles. The van der Waals surface area contributed by atoms with Gasteiger partial charge in [0.15, 0.2) is 5.75 Å². The van der Waals surface area contributed by atoms with Gasteiger partial charge < -0.3 is 24.8 Å². The first-order valence-corrected chi connectivity index (χ1v) is 12.2. The number of aromatic nitrogens is 1. The molecule has 0 unspecified atom stereocenters. The maximum absolute atomic E-state index is 13.0. The van der Waals surface area contributed by atoms with Gasteiger partial charge in [-0.1, -0.05) is 0 Å². The molecule has 1 saturated heterocycles. The van der Waals surface area contributed by atoms with Gasteiger partial charge in [0.25, 0.3) is 5.56 Å². The van der Waals surface area contributed by atoms with Gasteiger partial charge in [0.1, 0.15) is 17.8 Å². The molecule has 5 rings (SSSR count). The first-order valence-electron chi connectivity index (χ1n) is 12.2. The smallest absolute Gasteiger partial charge is 0.408 e. The van der Waals surface area contributed by atoms with Crippen LogP contribution in [0, 0.1) is 12.5 Å². The molecule has 2 aromatic rings. The fourth-order valence-corrected chi connectivity index (χ4v) is 5.52. The molecular formula is C26H30N4O6. The Morgan fingerprint density at radius 3 is 2.64 bits per heavy atom. The third kappa shape index (κ3) is 3.92. The predicted molar refractivity (Wildman–Crippen MR) is 133 cm³/mol. The van der Waals surface area contributed by atoms with Crippen molar-refractivity contribution in [3.63, 3.8) is 0 Å². The summed E-state index contributed by atoms with van der Waals surface area (Å²) in [5.41, 5.74) is -0.317. The van der Waals surface area contributed by atoms with E-state index in [0.29, 0.717) is 41.1 Å². The quantitative estimate of drug-likeness (QED) is 0.616. The van der Waals surface area contributed by atoms with Gasteiger partial charge >= 0.3 is 12.1 Å². The summed E-state index contributed by atoms with van der Waals surface area (Å²) < 4.78 is 13.1. The number of carbonyl (C=O) groups is 2. The average Bonchev–Trinajstić information content (AvgIpc) is 3.39. The lowest BCUT2D eigenvalue weighted by Gasteiger charge is -2.32. The van der Waals surface area contributed by atoms with Crippen LogP contribution >= 0.6 is 0 Å². The SMILES string of the molecule is [C-]#[N+]c1cc2cc(C(=O)O)c(=O)n3c2c(c1N1CC[C@@H](C2(NC(=O)OC(C)(C)C)CC2)C1)OC[C@@H]3C. The fourth-order valence-electron chi connectivity index (χ4n) is 5.52. The summed E-state index contributed by atoms with van der Waals surface area (Å²) in [6.07, 6.45) is 2.15. The number of benzene rings is 1. The summed E-state index contributed by atoms with van der Waals surface area (Å²) in [6, 6.07) is 2.62. The highest BCUT2D eigenvalue weighted by molar-refractivity contribution is 6.01. The number of nitrogens with zero attached hydrogens (tertiary/aromatic N) is 3. The summed E-state index contributed by atoms with van der Waals surface area (Å²) in [7, 11) is 0. The van der Waals surface area contributed by atoms with Crippen LogP contribution in [0.4, 0.5) is 16.2 Å². The summed E-state index contributed by atoms with van der Waals surface area (Å²) in [5, 5.41) is 13.1. The molecule has 2 N–H and O–H groups in total. The number of carboxylic acid groups (broad SMARTS) is 1. The van der Waals surface area contributed by atoms with E-state index in [9.17, 15) is 19.5 Å². The normalized spacial score (nSPS) is 22.0. The fraction of sp³-hybridized carbons (Fsp3) is 0.538. The van der Waals surface area contributed by atoms with Crippen molar-refractivity contribution < 1.29 is 24.2 Å².